The van der Waals surface area contributed by atoms with Crippen LogP contribution in [0, 0.1) is 12.3 Å². The monoisotopic (exact) mass is 388 g/mol. The van der Waals surface area contributed by atoms with Crippen molar-refractivity contribution in [1.82, 2.24) is 4.98 Å². The first kappa shape index (κ1) is 19.1. The van der Waals surface area contributed by atoms with Crippen molar-refractivity contribution in [2.45, 2.75) is 51.3 Å². The van der Waals surface area contributed by atoms with E-state index in [0.717, 1.165) is 29.2 Å². The predicted octanol–water partition coefficient (Wildman–Crippen LogP) is 5.12. The quantitative estimate of drug-likeness (QED) is 0.551. The first-order valence-electron chi connectivity index (χ1n) is 8.85. The van der Waals surface area contributed by atoms with Crippen LogP contribution in [-0.4, -0.2) is 22.4 Å². The molecule has 0 fully saturated rings. The number of Topliss-reactive ketones (excluding diaryl/α,β-unsaturated/α-hetero) is 1. The second-order valence-electron chi connectivity index (χ2n) is 7.55. The molecule has 1 aliphatic rings. The highest BCUT2D eigenvalue weighted by Gasteiger charge is 2.34. The van der Waals surface area contributed by atoms with Gasteiger partial charge in [0.25, 0.3) is 0 Å². The minimum Gasteiger partial charge on any atom is -0.302 e. The Morgan fingerprint density at radius 1 is 1.27 bits per heavy atom. The molecule has 0 saturated carbocycles. The molecule has 6 heteroatoms. The Labute approximate surface area is 162 Å². The third kappa shape index (κ3) is 4.95. The predicted molar refractivity (Wildman–Crippen MR) is 108 cm³/mol. The van der Waals surface area contributed by atoms with Gasteiger partial charge in [0.1, 0.15) is 0 Å². The Balaban J connectivity index is 1.47. The number of fused-ring (bicyclic) bond motifs is 1. The highest BCUT2D eigenvalue weighted by atomic mass is 32.2. The van der Waals surface area contributed by atoms with Gasteiger partial charge < -0.3 is 5.32 Å². The van der Waals surface area contributed by atoms with Gasteiger partial charge in [-0.15, -0.1) is 11.8 Å². The fraction of sp³-hybridized carbons (Fsp3) is 0.450. The van der Waals surface area contributed by atoms with Gasteiger partial charge in [0, 0.05) is 17.7 Å². The number of ketones is 1. The van der Waals surface area contributed by atoms with Crippen LogP contribution in [0.1, 0.15) is 54.0 Å². The summed E-state index contributed by atoms with van der Waals surface area (Å²) in [6.45, 7) is 6.23. The zero-order chi connectivity index (χ0) is 18.7. The van der Waals surface area contributed by atoms with Crippen molar-refractivity contribution in [2.24, 2.45) is 5.41 Å². The topological polar surface area (TPSA) is 59.1 Å². The molecule has 0 unspecified atom stereocenters. The van der Waals surface area contributed by atoms with Crippen LogP contribution >= 0.6 is 23.1 Å². The molecule has 138 valence electrons. The number of amides is 1. The van der Waals surface area contributed by atoms with Gasteiger partial charge in [-0.1, -0.05) is 42.9 Å². The Morgan fingerprint density at radius 3 is 2.73 bits per heavy atom. The van der Waals surface area contributed by atoms with Crippen LogP contribution in [0.25, 0.3) is 0 Å². The summed E-state index contributed by atoms with van der Waals surface area (Å²) in [6, 6.07) is 8.42. The van der Waals surface area contributed by atoms with E-state index in [4.69, 9.17) is 0 Å². The number of benzene rings is 1. The highest BCUT2D eigenvalue weighted by molar-refractivity contribution is 7.99. The van der Waals surface area contributed by atoms with Crippen molar-refractivity contribution < 1.29 is 9.59 Å². The number of thioether (sulfide) groups is 1. The van der Waals surface area contributed by atoms with Crippen LogP contribution in [0.15, 0.2) is 29.2 Å². The number of aryl methyl sites for hydroxylation is 1. The van der Waals surface area contributed by atoms with E-state index in [2.05, 4.69) is 55.3 Å². The van der Waals surface area contributed by atoms with E-state index in [-0.39, 0.29) is 17.1 Å². The Morgan fingerprint density at radius 2 is 2.00 bits per heavy atom. The lowest BCUT2D eigenvalue weighted by molar-refractivity contribution is -0.116. The van der Waals surface area contributed by atoms with Crippen LogP contribution in [0.5, 0.6) is 0 Å². The number of anilines is 1. The Bertz CT molecular complexity index is 810. The van der Waals surface area contributed by atoms with Crippen molar-refractivity contribution in [3.8, 4) is 0 Å². The van der Waals surface area contributed by atoms with Gasteiger partial charge in [-0.05, 0) is 43.1 Å². The third-order valence-corrected chi connectivity index (χ3v) is 6.47. The number of thiazole rings is 1. The van der Waals surface area contributed by atoms with E-state index >= 15 is 0 Å². The maximum Gasteiger partial charge on any atom is 0.226 e. The number of hydrogen-bond donors (Lipinski definition) is 1. The second-order valence-corrected chi connectivity index (χ2v) is 9.72. The number of nitrogens with one attached hydrogen (secondary N) is 1. The molecular formula is C20H24N2O2S2. The normalized spacial score (nSPS) is 15.6. The fourth-order valence-corrected chi connectivity index (χ4v) is 4.80. The van der Waals surface area contributed by atoms with Crippen LogP contribution in [0.4, 0.5) is 5.13 Å². The number of nitrogens with zero attached hydrogens (tertiary/aromatic N) is 1. The summed E-state index contributed by atoms with van der Waals surface area (Å²) in [5.74, 6) is 1.01. The molecule has 0 aliphatic heterocycles. The average Bonchev–Trinajstić information content (AvgIpc) is 2.94. The van der Waals surface area contributed by atoms with Gasteiger partial charge in [0.2, 0.25) is 5.91 Å². The van der Waals surface area contributed by atoms with Crippen molar-refractivity contribution in [3.05, 3.63) is 40.4 Å². The summed E-state index contributed by atoms with van der Waals surface area (Å²) in [4.78, 5) is 30.8. The molecule has 4 nitrogen and oxygen atoms in total. The van der Waals surface area contributed by atoms with E-state index in [1.165, 1.54) is 21.8 Å². The molecule has 3 rings (SSSR count). The van der Waals surface area contributed by atoms with Gasteiger partial charge in [-0.3, -0.25) is 9.59 Å². The maximum atomic E-state index is 12.2. The number of carbonyl (C=O) groups excluding carboxylic acids is 2. The first-order valence-corrected chi connectivity index (χ1v) is 10.6. The summed E-state index contributed by atoms with van der Waals surface area (Å²) in [5, 5.41) is 3.41. The van der Waals surface area contributed by atoms with Crippen molar-refractivity contribution in [2.75, 3.05) is 11.1 Å². The molecule has 0 saturated heterocycles. The standard InChI is InChI=1S/C20H24N2O2S2/c1-13-6-8-14(9-7-13)25-10-4-5-17(24)22-19-21-15-11-20(2,3)12-16(23)18(15)26-19/h6-9H,4-5,10-12H2,1-3H3,(H,21,22,24). The number of carbonyl (C=O) groups is 2. The molecule has 1 aliphatic carbocycles. The van der Waals surface area contributed by atoms with Crippen molar-refractivity contribution in [1.29, 1.82) is 0 Å². The first-order chi connectivity index (χ1) is 12.3. The van der Waals surface area contributed by atoms with Crippen LogP contribution in [0.3, 0.4) is 0 Å². The average molecular weight is 389 g/mol. The van der Waals surface area contributed by atoms with Crippen LogP contribution in [0.2, 0.25) is 0 Å². The molecule has 26 heavy (non-hydrogen) atoms. The van der Waals surface area contributed by atoms with E-state index in [0.29, 0.717) is 18.0 Å². The lowest BCUT2D eigenvalue weighted by atomic mass is 9.78. The van der Waals surface area contributed by atoms with E-state index < -0.39 is 0 Å². The van der Waals surface area contributed by atoms with Gasteiger partial charge in [0.05, 0.1) is 10.6 Å². The number of aromatic nitrogens is 1. The smallest absolute Gasteiger partial charge is 0.226 e. The van der Waals surface area contributed by atoms with Crippen LogP contribution < -0.4 is 5.32 Å². The summed E-state index contributed by atoms with van der Waals surface area (Å²) in [5.41, 5.74) is 2.04. The van der Waals surface area contributed by atoms with Crippen molar-refractivity contribution >= 4 is 39.9 Å². The summed E-state index contributed by atoms with van der Waals surface area (Å²) >= 11 is 3.07. The molecule has 0 spiro atoms. The SMILES string of the molecule is Cc1ccc(SCCCC(=O)Nc2nc3c(s2)C(=O)CC(C)(C)C3)cc1. The molecular weight excluding hydrogens is 364 g/mol. The highest BCUT2D eigenvalue weighted by Crippen LogP contribution is 2.38. The molecule has 0 bridgehead atoms. The lowest BCUT2D eigenvalue weighted by Crippen LogP contribution is -2.26. The van der Waals surface area contributed by atoms with Gasteiger partial charge in [-0.25, -0.2) is 4.98 Å². The van der Waals surface area contributed by atoms with Crippen LogP contribution in [-0.2, 0) is 11.2 Å². The second kappa shape index (κ2) is 7.92. The zero-order valence-electron chi connectivity index (χ0n) is 15.4. The van der Waals surface area contributed by atoms with Crippen molar-refractivity contribution in [3.63, 3.8) is 0 Å². The summed E-state index contributed by atoms with van der Waals surface area (Å²) in [6.07, 6.45) is 2.60. The molecule has 1 N–H and O–H groups in total. The summed E-state index contributed by atoms with van der Waals surface area (Å²) < 4.78 is 0. The number of hydrogen-bond acceptors (Lipinski definition) is 5. The molecule has 1 heterocycles. The fourth-order valence-electron chi connectivity index (χ4n) is 3.01. The molecule has 2 aromatic rings. The van der Waals surface area contributed by atoms with E-state index in [1.54, 1.807) is 11.8 Å². The minimum absolute atomic E-state index is 0.0349. The van der Waals surface area contributed by atoms with E-state index in [1.807, 2.05) is 0 Å². The van der Waals surface area contributed by atoms with Gasteiger partial charge in [-0.2, -0.15) is 0 Å². The van der Waals surface area contributed by atoms with Gasteiger partial charge >= 0.3 is 0 Å². The summed E-state index contributed by atoms with van der Waals surface area (Å²) in [7, 11) is 0. The molecule has 1 amide bonds. The van der Waals surface area contributed by atoms with E-state index in [9.17, 15) is 9.59 Å². The minimum atomic E-state index is -0.0490. The molecule has 0 radical (unpaired) electrons. The number of rotatable bonds is 6. The third-order valence-electron chi connectivity index (χ3n) is 4.32. The molecule has 1 aromatic heterocycles. The molecule has 0 atom stereocenters. The zero-order valence-corrected chi connectivity index (χ0v) is 17.1. The molecule has 1 aromatic carbocycles. The van der Waals surface area contributed by atoms with Gasteiger partial charge in [0.15, 0.2) is 10.9 Å². The lowest BCUT2D eigenvalue weighted by Gasteiger charge is -2.26. The maximum absolute atomic E-state index is 12.2. The largest absolute Gasteiger partial charge is 0.302 e. The Hall–Kier alpha value is -1.66. The Kier molecular flexibility index (Phi) is 5.82.